The zero-order chi connectivity index (χ0) is 14.1. The minimum Gasteiger partial charge on any atom is -0.382 e. The molecule has 1 aliphatic heterocycles. The molecule has 2 aromatic carbocycles. The minimum atomic E-state index is -0.169. The molecule has 2 aromatic rings. The third-order valence-corrected chi connectivity index (χ3v) is 3.91. The molecular formula is C17H19FN2. The zero-order valence-electron chi connectivity index (χ0n) is 11.9. The number of anilines is 2. The molecule has 20 heavy (non-hydrogen) atoms. The Bertz CT molecular complexity index is 637. The Labute approximate surface area is 119 Å². The van der Waals surface area contributed by atoms with Crippen LogP contribution in [-0.4, -0.2) is 13.1 Å². The monoisotopic (exact) mass is 270 g/mol. The maximum atomic E-state index is 13.3. The van der Waals surface area contributed by atoms with Gasteiger partial charge in [-0.1, -0.05) is 12.1 Å². The smallest absolute Gasteiger partial charge is 0.123 e. The van der Waals surface area contributed by atoms with Crippen LogP contribution in [0.1, 0.15) is 16.7 Å². The van der Waals surface area contributed by atoms with E-state index in [2.05, 4.69) is 36.2 Å². The summed E-state index contributed by atoms with van der Waals surface area (Å²) in [7, 11) is 0. The molecule has 1 N–H and O–H groups in total. The molecule has 0 atom stereocenters. The molecule has 0 radical (unpaired) electrons. The van der Waals surface area contributed by atoms with Gasteiger partial charge in [0.25, 0.3) is 0 Å². The lowest BCUT2D eigenvalue weighted by atomic mass is 10.0. The molecule has 0 amide bonds. The summed E-state index contributed by atoms with van der Waals surface area (Å²) in [5.41, 5.74) is 5.98. The first-order valence-electron chi connectivity index (χ1n) is 6.98. The Morgan fingerprint density at radius 3 is 2.75 bits per heavy atom. The molecule has 0 aromatic heterocycles. The van der Waals surface area contributed by atoms with Crippen LogP contribution in [-0.2, 0) is 6.54 Å². The van der Waals surface area contributed by atoms with E-state index >= 15 is 0 Å². The number of aryl methyl sites for hydroxylation is 2. The molecule has 104 valence electrons. The van der Waals surface area contributed by atoms with Crippen molar-refractivity contribution in [2.24, 2.45) is 0 Å². The van der Waals surface area contributed by atoms with Crippen LogP contribution >= 0.6 is 0 Å². The van der Waals surface area contributed by atoms with E-state index in [1.54, 1.807) is 12.1 Å². The Balaban J connectivity index is 1.92. The molecule has 1 aliphatic rings. The molecule has 0 fully saturated rings. The lowest BCUT2D eigenvalue weighted by Gasteiger charge is -2.33. The van der Waals surface area contributed by atoms with Gasteiger partial charge in [-0.15, -0.1) is 0 Å². The molecular weight excluding hydrogens is 251 g/mol. The van der Waals surface area contributed by atoms with Crippen molar-refractivity contribution in [1.82, 2.24) is 0 Å². The Hall–Kier alpha value is -2.03. The first-order chi connectivity index (χ1) is 9.63. The van der Waals surface area contributed by atoms with Crippen LogP contribution in [0, 0.1) is 19.7 Å². The van der Waals surface area contributed by atoms with Crippen molar-refractivity contribution in [3.05, 3.63) is 58.9 Å². The summed E-state index contributed by atoms with van der Waals surface area (Å²) in [6.45, 7) is 6.86. The Morgan fingerprint density at radius 2 is 1.95 bits per heavy atom. The normalized spacial score (nSPS) is 13.8. The van der Waals surface area contributed by atoms with E-state index in [0.29, 0.717) is 0 Å². The van der Waals surface area contributed by atoms with Crippen LogP contribution in [0.4, 0.5) is 15.8 Å². The highest BCUT2D eigenvalue weighted by Crippen LogP contribution is 2.32. The number of halogens is 1. The lowest BCUT2D eigenvalue weighted by Crippen LogP contribution is -2.33. The molecule has 0 spiro atoms. The molecule has 3 rings (SSSR count). The fraction of sp³-hybridized carbons (Fsp3) is 0.294. The SMILES string of the molecule is Cc1cc2c(cc1C)N(Cc1cccc(F)c1)CCN2. The molecule has 0 bridgehead atoms. The fourth-order valence-electron chi connectivity index (χ4n) is 2.67. The van der Waals surface area contributed by atoms with Gasteiger partial charge in [0.1, 0.15) is 5.82 Å². The quantitative estimate of drug-likeness (QED) is 0.891. The first-order valence-corrected chi connectivity index (χ1v) is 6.98. The van der Waals surface area contributed by atoms with Crippen LogP contribution in [0.15, 0.2) is 36.4 Å². The predicted octanol–water partition coefficient (Wildman–Crippen LogP) is 3.87. The molecule has 2 nitrogen and oxygen atoms in total. The second kappa shape index (κ2) is 5.16. The van der Waals surface area contributed by atoms with Gasteiger partial charge in [0, 0.05) is 19.6 Å². The van der Waals surface area contributed by atoms with E-state index in [1.807, 2.05) is 6.07 Å². The Morgan fingerprint density at radius 1 is 1.15 bits per heavy atom. The van der Waals surface area contributed by atoms with Crippen LogP contribution in [0.5, 0.6) is 0 Å². The van der Waals surface area contributed by atoms with Crippen molar-refractivity contribution in [2.45, 2.75) is 20.4 Å². The third-order valence-electron chi connectivity index (χ3n) is 3.91. The minimum absolute atomic E-state index is 0.169. The highest BCUT2D eigenvalue weighted by Gasteiger charge is 2.17. The topological polar surface area (TPSA) is 15.3 Å². The van der Waals surface area contributed by atoms with E-state index in [4.69, 9.17) is 0 Å². The van der Waals surface area contributed by atoms with Crippen LogP contribution in [0.3, 0.4) is 0 Å². The first kappa shape index (κ1) is 13.0. The van der Waals surface area contributed by atoms with E-state index in [1.165, 1.54) is 28.6 Å². The molecule has 0 saturated heterocycles. The van der Waals surface area contributed by atoms with Crippen LogP contribution in [0.2, 0.25) is 0 Å². The van der Waals surface area contributed by atoms with E-state index in [0.717, 1.165) is 25.2 Å². The number of nitrogens with zero attached hydrogens (tertiary/aromatic N) is 1. The van der Waals surface area contributed by atoms with Gasteiger partial charge in [0.05, 0.1) is 11.4 Å². The van der Waals surface area contributed by atoms with Crippen LogP contribution in [0.25, 0.3) is 0 Å². The third kappa shape index (κ3) is 2.48. The van der Waals surface area contributed by atoms with Gasteiger partial charge in [0.2, 0.25) is 0 Å². The van der Waals surface area contributed by atoms with Crippen molar-refractivity contribution in [1.29, 1.82) is 0 Å². The summed E-state index contributed by atoms with van der Waals surface area (Å²) in [6.07, 6.45) is 0. The number of hydrogen-bond acceptors (Lipinski definition) is 2. The predicted molar refractivity (Wildman–Crippen MR) is 81.9 cm³/mol. The molecule has 0 unspecified atom stereocenters. The molecule has 3 heteroatoms. The van der Waals surface area contributed by atoms with Crippen molar-refractivity contribution in [3.8, 4) is 0 Å². The van der Waals surface area contributed by atoms with Gasteiger partial charge < -0.3 is 10.2 Å². The number of fused-ring (bicyclic) bond motifs is 1. The maximum absolute atomic E-state index is 13.3. The molecule has 0 saturated carbocycles. The number of hydrogen-bond donors (Lipinski definition) is 1. The van der Waals surface area contributed by atoms with Gasteiger partial charge in [0.15, 0.2) is 0 Å². The summed E-state index contributed by atoms with van der Waals surface area (Å²) < 4.78 is 13.3. The molecule has 0 aliphatic carbocycles. The van der Waals surface area contributed by atoms with E-state index < -0.39 is 0 Å². The highest BCUT2D eigenvalue weighted by atomic mass is 19.1. The van der Waals surface area contributed by atoms with Gasteiger partial charge in [-0.2, -0.15) is 0 Å². The average molecular weight is 270 g/mol. The highest BCUT2D eigenvalue weighted by molar-refractivity contribution is 5.74. The number of benzene rings is 2. The van der Waals surface area contributed by atoms with Crippen molar-refractivity contribution < 1.29 is 4.39 Å². The van der Waals surface area contributed by atoms with Gasteiger partial charge in [-0.25, -0.2) is 4.39 Å². The number of nitrogens with one attached hydrogen (secondary N) is 1. The van der Waals surface area contributed by atoms with Crippen molar-refractivity contribution in [3.63, 3.8) is 0 Å². The second-order valence-corrected chi connectivity index (χ2v) is 5.43. The lowest BCUT2D eigenvalue weighted by molar-refractivity contribution is 0.624. The summed E-state index contributed by atoms with van der Waals surface area (Å²) in [6, 6.07) is 11.3. The maximum Gasteiger partial charge on any atom is 0.123 e. The molecule has 1 heterocycles. The van der Waals surface area contributed by atoms with Gasteiger partial charge in [-0.05, 0) is 54.8 Å². The van der Waals surface area contributed by atoms with Crippen LogP contribution < -0.4 is 10.2 Å². The summed E-state index contributed by atoms with van der Waals surface area (Å²) in [5.74, 6) is -0.169. The van der Waals surface area contributed by atoms with Gasteiger partial charge in [-0.3, -0.25) is 0 Å². The van der Waals surface area contributed by atoms with Crippen molar-refractivity contribution in [2.75, 3.05) is 23.3 Å². The Kier molecular flexibility index (Phi) is 3.35. The summed E-state index contributed by atoms with van der Waals surface area (Å²) in [5, 5.41) is 3.44. The summed E-state index contributed by atoms with van der Waals surface area (Å²) in [4.78, 5) is 2.31. The second-order valence-electron chi connectivity index (χ2n) is 5.43. The largest absolute Gasteiger partial charge is 0.382 e. The van der Waals surface area contributed by atoms with Gasteiger partial charge >= 0.3 is 0 Å². The number of rotatable bonds is 2. The van der Waals surface area contributed by atoms with E-state index in [-0.39, 0.29) is 5.82 Å². The fourth-order valence-corrected chi connectivity index (χ4v) is 2.67. The van der Waals surface area contributed by atoms with Crippen molar-refractivity contribution >= 4 is 11.4 Å². The van der Waals surface area contributed by atoms with E-state index in [9.17, 15) is 4.39 Å². The average Bonchev–Trinajstić information content (AvgIpc) is 2.41. The summed E-state index contributed by atoms with van der Waals surface area (Å²) >= 11 is 0. The zero-order valence-corrected chi connectivity index (χ0v) is 11.9. The standard InChI is InChI=1S/C17H19FN2/c1-12-8-16-17(9-13(12)2)20(7-6-19-16)11-14-4-3-5-15(18)10-14/h3-5,8-10,19H,6-7,11H2,1-2H3.